The van der Waals surface area contributed by atoms with Gasteiger partial charge in [0.2, 0.25) is 10.0 Å². The Balaban J connectivity index is 1.61. The molecule has 0 saturated carbocycles. The number of unbranched alkanes of at least 4 members (excludes halogenated alkanes) is 1. The Bertz CT molecular complexity index is 1080. The van der Waals surface area contributed by atoms with Gasteiger partial charge >= 0.3 is 0 Å². The van der Waals surface area contributed by atoms with E-state index in [0.29, 0.717) is 44.1 Å². The molecule has 2 aromatic carbocycles. The number of amides is 1. The van der Waals surface area contributed by atoms with Crippen LogP contribution in [0.25, 0.3) is 0 Å². The highest BCUT2D eigenvalue weighted by atomic mass is 32.2. The zero-order chi connectivity index (χ0) is 23.8. The molecule has 33 heavy (non-hydrogen) atoms. The monoisotopic (exact) mass is 490 g/mol. The lowest BCUT2D eigenvalue weighted by molar-refractivity contribution is 0.0977. The first kappa shape index (κ1) is 24.9. The second-order valence-corrected chi connectivity index (χ2v) is 10.2. The zero-order valence-corrected chi connectivity index (χ0v) is 20.5. The van der Waals surface area contributed by atoms with E-state index in [1.807, 2.05) is 30.3 Å². The molecule has 2 aromatic rings. The summed E-state index contributed by atoms with van der Waals surface area (Å²) < 4.78 is 30.7. The summed E-state index contributed by atoms with van der Waals surface area (Å²) in [7, 11) is -3.20. The van der Waals surface area contributed by atoms with Gasteiger partial charge in [0.05, 0.1) is 24.2 Å². The van der Waals surface area contributed by atoms with E-state index in [-0.39, 0.29) is 11.0 Å². The number of para-hydroxylation sites is 2. The fourth-order valence-electron chi connectivity index (χ4n) is 3.51. The summed E-state index contributed by atoms with van der Waals surface area (Å²) in [6.45, 7) is 4.67. The van der Waals surface area contributed by atoms with Crippen molar-refractivity contribution in [3.05, 3.63) is 54.1 Å². The predicted molar refractivity (Wildman–Crippen MR) is 136 cm³/mol. The van der Waals surface area contributed by atoms with E-state index in [1.54, 1.807) is 18.2 Å². The van der Waals surface area contributed by atoms with E-state index in [0.717, 1.165) is 24.2 Å². The van der Waals surface area contributed by atoms with Gasteiger partial charge in [-0.05, 0) is 49.0 Å². The first-order chi connectivity index (χ1) is 15.8. The van der Waals surface area contributed by atoms with Crippen molar-refractivity contribution in [3.63, 3.8) is 0 Å². The van der Waals surface area contributed by atoms with Crippen molar-refractivity contribution in [3.8, 4) is 5.75 Å². The molecule has 0 aliphatic carbocycles. The number of nitrogens with one attached hydrogen (secondary N) is 2. The van der Waals surface area contributed by atoms with Crippen LogP contribution in [-0.2, 0) is 10.0 Å². The molecule has 178 valence electrons. The number of nitrogens with zero attached hydrogens (tertiary/aromatic N) is 2. The van der Waals surface area contributed by atoms with Crippen LogP contribution in [0.1, 0.15) is 30.1 Å². The molecular weight excluding hydrogens is 460 g/mol. The number of sulfonamides is 1. The van der Waals surface area contributed by atoms with Gasteiger partial charge in [-0.25, -0.2) is 8.42 Å². The summed E-state index contributed by atoms with van der Waals surface area (Å²) in [5, 5.41) is 6.00. The van der Waals surface area contributed by atoms with Gasteiger partial charge in [-0.3, -0.25) is 10.1 Å². The molecule has 1 amide bonds. The lowest BCUT2D eigenvalue weighted by Crippen LogP contribution is -2.48. The molecule has 0 spiro atoms. The molecule has 3 rings (SSSR count). The van der Waals surface area contributed by atoms with Crippen LogP contribution in [0.3, 0.4) is 0 Å². The molecule has 2 N–H and O–H groups in total. The second-order valence-electron chi connectivity index (χ2n) is 7.80. The summed E-state index contributed by atoms with van der Waals surface area (Å²) >= 11 is 5.38. The minimum Gasteiger partial charge on any atom is -0.494 e. The molecule has 0 aromatic heterocycles. The van der Waals surface area contributed by atoms with Gasteiger partial charge in [-0.15, -0.1) is 0 Å². The van der Waals surface area contributed by atoms with Crippen molar-refractivity contribution in [2.75, 3.05) is 49.3 Å². The van der Waals surface area contributed by atoms with Crippen LogP contribution in [0.2, 0.25) is 0 Å². The molecule has 0 radical (unpaired) electrons. The number of carbonyl (C=O) groups excluding carboxylic acids is 1. The first-order valence-electron chi connectivity index (χ1n) is 10.9. The van der Waals surface area contributed by atoms with E-state index >= 15 is 0 Å². The normalized spacial score (nSPS) is 14.5. The lowest BCUT2D eigenvalue weighted by Gasteiger charge is -2.35. The highest BCUT2D eigenvalue weighted by molar-refractivity contribution is 7.88. The highest BCUT2D eigenvalue weighted by Crippen LogP contribution is 2.27. The van der Waals surface area contributed by atoms with E-state index in [1.165, 1.54) is 10.6 Å². The fourth-order valence-corrected chi connectivity index (χ4v) is 4.54. The maximum atomic E-state index is 12.7. The van der Waals surface area contributed by atoms with Crippen molar-refractivity contribution in [1.29, 1.82) is 0 Å². The number of anilines is 2. The van der Waals surface area contributed by atoms with Crippen molar-refractivity contribution in [2.24, 2.45) is 0 Å². The Morgan fingerprint density at radius 2 is 1.82 bits per heavy atom. The summed E-state index contributed by atoms with van der Waals surface area (Å²) in [5.41, 5.74) is 2.10. The average Bonchev–Trinajstić information content (AvgIpc) is 2.79. The lowest BCUT2D eigenvalue weighted by atomic mass is 10.2. The van der Waals surface area contributed by atoms with Gasteiger partial charge in [0.1, 0.15) is 5.75 Å². The first-order valence-corrected chi connectivity index (χ1v) is 13.2. The summed E-state index contributed by atoms with van der Waals surface area (Å²) in [6, 6.07) is 14.6. The van der Waals surface area contributed by atoms with Crippen LogP contribution in [0.4, 0.5) is 11.4 Å². The minimum atomic E-state index is -3.20. The van der Waals surface area contributed by atoms with Crippen molar-refractivity contribution < 1.29 is 17.9 Å². The third-order valence-corrected chi connectivity index (χ3v) is 6.80. The van der Waals surface area contributed by atoms with E-state index in [9.17, 15) is 13.2 Å². The Hall–Kier alpha value is -2.69. The molecule has 1 fully saturated rings. The minimum absolute atomic E-state index is 0.180. The Labute approximate surface area is 201 Å². The second kappa shape index (κ2) is 11.4. The summed E-state index contributed by atoms with van der Waals surface area (Å²) in [4.78, 5) is 14.8. The maximum Gasteiger partial charge on any atom is 0.257 e. The van der Waals surface area contributed by atoms with Gasteiger partial charge in [-0.1, -0.05) is 31.5 Å². The maximum absolute atomic E-state index is 12.7. The largest absolute Gasteiger partial charge is 0.494 e. The molecule has 1 aliphatic rings. The van der Waals surface area contributed by atoms with E-state index in [2.05, 4.69) is 22.5 Å². The van der Waals surface area contributed by atoms with Crippen LogP contribution < -0.4 is 20.3 Å². The summed E-state index contributed by atoms with van der Waals surface area (Å²) in [6.07, 6.45) is 3.22. The molecule has 1 aliphatic heterocycles. The number of piperazine rings is 1. The number of hydrogen-bond donors (Lipinski definition) is 2. The Morgan fingerprint density at radius 1 is 1.09 bits per heavy atom. The average molecular weight is 491 g/mol. The quantitative estimate of drug-likeness (QED) is 0.434. The number of hydrogen-bond acceptors (Lipinski definition) is 6. The zero-order valence-electron chi connectivity index (χ0n) is 18.9. The number of rotatable bonds is 8. The van der Waals surface area contributed by atoms with Crippen LogP contribution >= 0.6 is 12.2 Å². The molecule has 0 atom stereocenters. The van der Waals surface area contributed by atoms with Crippen molar-refractivity contribution >= 4 is 44.6 Å². The van der Waals surface area contributed by atoms with Crippen LogP contribution in [0.15, 0.2) is 48.5 Å². The Morgan fingerprint density at radius 3 is 2.52 bits per heavy atom. The highest BCUT2D eigenvalue weighted by Gasteiger charge is 2.24. The third-order valence-electron chi connectivity index (χ3n) is 5.29. The smallest absolute Gasteiger partial charge is 0.257 e. The van der Waals surface area contributed by atoms with Gasteiger partial charge in [0.15, 0.2) is 5.11 Å². The molecule has 0 unspecified atom stereocenters. The van der Waals surface area contributed by atoms with E-state index < -0.39 is 10.0 Å². The van der Waals surface area contributed by atoms with Gasteiger partial charge in [0, 0.05) is 31.7 Å². The Kier molecular flexibility index (Phi) is 8.65. The molecule has 1 saturated heterocycles. The predicted octanol–water partition coefficient (Wildman–Crippen LogP) is 3.07. The number of carbonyl (C=O) groups is 1. The molecule has 0 bridgehead atoms. The van der Waals surface area contributed by atoms with E-state index in [4.69, 9.17) is 17.0 Å². The summed E-state index contributed by atoms with van der Waals surface area (Å²) in [5.74, 6) is 0.321. The number of ether oxygens (including phenoxy) is 1. The van der Waals surface area contributed by atoms with Gasteiger partial charge in [0.25, 0.3) is 5.91 Å². The van der Waals surface area contributed by atoms with Crippen LogP contribution in [0, 0.1) is 0 Å². The van der Waals surface area contributed by atoms with Crippen LogP contribution in [-0.4, -0.2) is 62.8 Å². The topological polar surface area (TPSA) is 91.0 Å². The standard InChI is InChI=1S/C23H30N4O4S2/c1-3-4-16-31-19-9-7-8-18(17-19)22(28)25-23(32)24-20-10-5-6-11-21(20)26-12-14-27(15-13-26)33(2,29)30/h5-11,17H,3-4,12-16H2,1-2H3,(H2,24,25,28,32). The van der Waals surface area contributed by atoms with Gasteiger partial charge in [-0.2, -0.15) is 4.31 Å². The van der Waals surface area contributed by atoms with Crippen molar-refractivity contribution in [1.82, 2.24) is 9.62 Å². The molecule has 1 heterocycles. The van der Waals surface area contributed by atoms with Crippen LogP contribution in [0.5, 0.6) is 5.75 Å². The van der Waals surface area contributed by atoms with Crippen molar-refractivity contribution in [2.45, 2.75) is 19.8 Å². The third kappa shape index (κ3) is 7.15. The number of benzene rings is 2. The SMILES string of the molecule is CCCCOc1cccc(C(=O)NC(=S)Nc2ccccc2N2CCN(S(C)(=O)=O)CC2)c1. The molecular formula is C23H30N4O4S2. The fraction of sp³-hybridized carbons (Fsp3) is 0.391. The molecule has 8 nitrogen and oxygen atoms in total. The molecule has 10 heteroatoms. The number of thiocarbonyl (C=S) groups is 1. The van der Waals surface area contributed by atoms with Gasteiger partial charge < -0.3 is 15.0 Å².